The van der Waals surface area contributed by atoms with Gasteiger partial charge in [-0.05, 0) is 49.7 Å². The number of aliphatic hydroxyl groups excluding tert-OH is 1. The summed E-state index contributed by atoms with van der Waals surface area (Å²) in [6.07, 6.45) is 3.47. The first-order chi connectivity index (χ1) is 13.5. The van der Waals surface area contributed by atoms with Gasteiger partial charge in [0.05, 0.1) is 25.5 Å². The van der Waals surface area contributed by atoms with Crippen molar-refractivity contribution in [2.45, 2.75) is 49.6 Å². The lowest BCUT2D eigenvalue weighted by molar-refractivity contribution is 0.104. The van der Waals surface area contributed by atoms with Gasteiger partial charge in [-0.25, -0.2) is 0 Å². The van der Waals surface area contributed by atoms with Crippen molar-refractivity contribution in [3.63, 3.8) is 0 Å². The number of aromatic nitrogens is 3. The second-order valence-electron chi connectivity index (χ2n) is 6.48. The zero-order valence-electron chi connectivity index (χ0n) is 15.6. The number of aliphatic hydroxyl groups is 1. The zero-order valence-corrected chi connectivity index (χ0v) is 17.9. The van der Waals surface area contributed by atoms with E-state index in [0.717, 1.165) is 21.0 Å². The van der Waals surface area contributed by atoms with Crippen molar-refractivity contribution in [3.05, 3.63) is 69.6 Å². The van der Waals surface area contributed by atoms with Crippen LogP contribution < -0.4 is 0 Å². The Hall–Kier alpha value is -1.57. The van der Waals surface area contributed by atoms with Crippen molar-refractivity contribution in [1.29, 1.82) is 0 Å². The lowest BCUT2D eigenvalue weighted by atomic mass is 10.2. The first-order valence-corrected chi connectivity index (χ1v) is 10.4. The van der Waals surface area contributed by atoms with Gasteiger partial charge in [-0.3, -0.25) is 9.67 Å². The van der Waals surface area contributed by atoms with Crippen molar-refractivity contribution in [3.8, 4) is 0 Å². The second-order valence-corrected chi connectivity index (χ2v) is 8.42. The van der Waals surface area contributed by atoms with Crippen LogP contribution in [0.25, 0.3) is 0 Å². The molecule has 0 atom stereocenters. The molecule has 28 heavy (non-hydrogen) atoms. The number of ether oxygens (including phenoxy) is 1. The van der Waals surface area contributed by atoms with Crippen LogP contribution in [0.4, 0.5) is 0 Å². The van der Waals surface area contributed by atoms with Crippen LogP contribution in [0.1, 0.15) is 36.7 Å². The van der Waals surface area contributed by atoms with Crippen molar-refractivity contribution >= 4 is 35.0 Å². The molecule has 8 heteroatoms. The lowest BCUT2D eigenvalue weighted by Gasteiger charge is -2.13. The van der Waals surface area contributed by atoms with E-state index in [1.807, 2.05) is 42.8 Å². The first kappa shape index (κ1) is 21.1. The molecule has 0 amide bonds. The van der Waals surface area contributed by atoms with Crippen LogP contribution in [0.15, 0.2) is 52.6 Å². The Morgan fingerprint density at radius 3 is 2.39 bits per heavy atom. The maximum Gasteiger partial charge on any atom is 0.105 e. The van der Waals surface area contributed by atoms with E-state index < -0.39 is 0 Å². The van der Waals surface area contributed by atoms with Gasteiger partial charge in [0.15, 0.2) is 0 Å². The van der Waals surface area contributed by atoms with E-state index in [4.69, 9.17) is 27.9 Å². The molecule has 5 nitrogen and oxygen atoms in total. The van der Waals surface area contributed by atoms with Crippen molar-refractivity contribution < 1.29 is 9.84 Å². The Kier molecular flexibility index (Phi) is 7.37. The van der Waals surface area contributed by atoms with Crippen LogP contribution in [0.2, 0.25) is 10.0 Å². The fourth-order valence-electron chi connectivity index (χ4n) is 2.68. The number of benzene rings is 1. The second kappa shape index (κ2) is 9.76. The van der Waals surface area contributed by atoms with E-state index in [0.29, 0.717) is 29.0 Å². The maximum atomic E-state index is 9.82. The van der Waals surface area contributed by atoms with E-state index in [1.54, 1.807) is 18.5 Å². The monoisotopic (exact) mass is 437 g/mol. The molecule has 0 aliphatic rings. The van der Waals surface area contributed by atoms with Gasteiger partial charge in [-0.1, -0.05) is 35.0 Å². The predicted molar refractivity (Wildman–Crippen MR) is 112 cm³/mol. The van der Waals surface area contributed by atoms with Crippen molar-refractivity contribution in [2.75, 3.05) is 0 Å². The Morgan fingerprint density at radius 1 is 1.11 bits per heavy atom. The van der Waals surface area contributed by atoms with Crippen LogP contribution in [0.3, 0.4) is 0 Å². The third kappa shape index (κ3) is 5.27. The molecule has 0 saturated heterocycles. The van der Waals surface area contributed by atoms with Gasteiger partial charge < -0.3 is 9.84 Å². The zero-order chi connectivity index (χ0) is 20.1. The minimum Gasteiger partial charge on any atom is -0.390 e. The van der Waals surface area contributed by atoms with Gasteiger partial charge in [0.2, 0.25) is 0 Å². The third-order valence-electron chi connectivity index (χ3n) is 4.00. The fraction of sp³-hybridized carbons (Fsp3) is 0.300. The smallest absolute Gasteiger partial charge is 0.105 e. The Bertz CT molecular complexity index is 912. The molecule has 0 aliphatic carbocycles. The maximum absolute atomic E-state index is 9.82. The third-order valence-corrected chi connectivity index (χ3v) is 5.53. The molecular formula is C20H21Cl2N3O2S. The van der Waals surface area contributed by atoms with E-state index >= 15 is 0 Å². The molecule has 0 aliphatic heterocycles. The van der Waals surface area contributed by atoms with Crippen LogP contribution >= 0.6 is 35.0 Å². The summed E-state index contributed by atoms with van der Waals surface area (Å²) >= 11 is 13.8. The van der Waals surface area contributed by atoms with Crippen LogP contribution in [-0.2, 0) is 24.6 Å². The number of hydrogen-bond acceptors (Lipinski definition) is 5. The SMILES string of the molecule is CC(C)n1nc(CO)c(COCc2ccncc2)c1Sc1cc(Cl)cc(Cl)c1. The van der Waals surface area contributed by atoms with E-state index in [2.05, 4.69) is 10.1 Å². The number of nitrogens with zero attached hydrogens (tertiary/aromatic N) is 3. The minimum absolute atomic E-state index is 0.122. The largest absolute Gasteiger partial charge is 0.390 e. The average Bonchev–Trinajstić information content (AvgIpc) is 2.99. The summed E-state index contributed by atoms with van der Waals surface area (Å²) in [7, 11) is 0. The molecule has 0 spiro atoms. The van der Waals surface area contributed by atoms with E-state index in [9.17, 15) is 5.11 Å². The van der Waals surface area contributed by atoms with Crippen molar-refractivity contribution in [1.82, 2.24) is 14.8 Å². The Labute approximate surface area is 178 Å². The predicted octanol–water partition coefficient (Wildman–Crippen LogP) is 5.53. The molecule has 0 radical (unpaired) electrons. The summed E-state index contributed by atoms with van der Waals surface area (Å²) < 4.78 is 7.81. The van der Waals surface area contributed by atoms with Gasteiger partial charge in [0, 0.05) is 38.9 Å². The average molecular weight is 438 g/mol. The summed E-state index contributed by atoms with van der Waals surface area (Å²) in [4.78, 5) is 4.91. The normalized spacial score (nSPS) is 11.4. The molecule has 2 aromatic heterocycles. The molecule has 3 aromatic rings. The first-order valence-electron chi connectivity index (χ1n) is 8.79. The highest BCUT2D eigenvalue weighted by molar-refractivity contribution is 7.99. The molecule has 2 heterocycles. The molecule has 1 N–H and O–H groups in total. The van der Waals surface area contributed by atoms with Gasteiger partial charge >= 0.3 is 0 Å². The van der Waals surface area contributed by atoms with Crippen LogP contribution in [0, 0.1) is 0 Å². The molecule has 1 aromatic carbocycles. The highest BCUT2D eigenvalue weighted by atomic mass is 35.5. The molecule has 0 unspecified atom stereocenters. The van der Waals surface area contributed by atoms with E-state index in [-0.39, 0.29) is 12.6 Å². The molecule has 0 bridgehead atoms. The summed E-state index contributed by atoms with van der Waals surface area (Å²) in [6.45, 7) is 4.72. The number of rotatable bonds is 8. The van der Waals surface area contributed by atoms with E-state index in [1.165, 1.54) is 11.8 Å². The topological polar surface area (TPSA) is 60.2 Å². The van der Waals surface area contributed by atoms with Crippen molar-refractivity contribution in [2.24, 2.45) is 0 Å². The molecule has 3 rings (SSSR count). The standard InChI is InChI=1S/C20H21Cl2N3O2S/c1-13(2)25-20(28-17-8-15(21)7-16(22)9-17)18(19(10-26)24-25)12-27-11-14-3-5-23-6-4-14/h3-9,13,26H,10-12H2,1-2H3. The highest BCUT2D eigenvalue weighted by Crippen LogP contribution is 2.37. The number of halogens is 2. The van der Waals surface area contributed by atoms with Gasteiger partial charge in [0.25, 0.3) is 0 Å². The van der Waals surface area contributed by atoms with Gasteiger partial charge in [-0.2, -0.15) is 5.10 Å². The number of hydrogen-bond donors (Lipinski definition) is 1. The van der Waals surface area contributed by atoms with Gasteiger partial charge in [-0.15, -0.1) is 0 Å². The number of pyridine rings is 1. The molecular weight excluding hydrogens is 417 g/mol. The molecule has 0 saturated carbocycles. The molecule has 148 valence electrons. The summed E-state index contributed by atoms with van der Waals surface area (Å²) in [6, 6.07) is 9.36. The van der Waals surface area contributed by atoms with Crippen LogP contribution in [-0.4, -0.2) is 19.9 Å². The minimum atomic E-state index is -0.155. The van der Waals surface area contributed by atoms with Crippen LogP contribution in [0.5, 0.6) is 0 Å². The Balaban J connectivity index is 1.88. The fourth-order valence-corrected chi connectivity index (χ4v) is 4.57. The lowest BCUT2D eigenvalue weighted by Crippen LogP contribution is -2.05. The quantitative estimate of drug-likeness (QED) is 0.502. The summed E-state index contributed by atoms with van der Waals surface area (Å²) in [5.41, 5.74) is 2.51. The Morgan fingerprint density at radius 2 is 1.79 bits per heavy atom. The summed E-state index contributed by atoms with van der Waals surface area (Å²) in [5, 5.41) is 16.5. The van der Waals surface area contributed by atoms with Gasteiger partial charge in [0.1, 0.15) is 5.03 Å². The molecule has 0 fully saturated rings. The highest BCUT2D eigenvalue weighted by Gasteiger charge is 2.20. The summed E-state index contributed by atoms with van der Waals surface area (Å²) in [5.74, 6) is 0.